The van der Waals surface area contributed by atoms with E-state index in [2.05, 4.69) is 10.3 Å². The first-order chi connectivity index (χ1) is 19.2. The van der Waals surface area contributed by atoms with Gasteiger partial charge in [-0.15, -0.1) is 0 Å². The number of pyridine rings is 1. The molecule has 0 bridgehead atoms. The van der Waals surface area contributed by atoms with Crippen LogP contribution >= 0.6 is 0 Å². The Kier molecular flexibility index (Phi) is 9.85. The van der Waals surface area contributed by atoms with Crippen molar-refractivity contribution in [3.05, 3.63) is 53.0 Å². The van der Waals surface area contributed by atoms with Crippen molar-refractivity contribution in [3.8, 4) is 11.3 Å². The van der Waals surface area contributed by atoms with Gasteiger partial charge in [0.2, 0.25) is 17.0 Å². The van der Waals surface area contributed by atoms with Crippen LogP contribution in [0, 0.1) is 5.82 Å². The van der Waals surface area contributed by atoms with Gasteiger partial charge >= 0.3 is 6.16 Å². The number of fused-ring (bicyclic) bond motifs is 1. The van der Waals surface area contributed by atoms with Gasteiger partial charge in [-0.05, 0) is 68.0 Å². The number of nitrogens with one attached hydrogen (secondary N) is 1. The predicted octanol–water partition coefficient (Wildman–Crippen LogP) is 4.39. The van der Waals surface area contributed by atoms with Crippen LogP contribution < -0.4 is 5.32 Å². The molecule has 0 saturated carbocycles. The van der Waals surface area contributed by atoms with E-state index < -0.39 is 29.5 Å². The van der Waals surface area contributed by atoms with Crippen LogP contribution in [-0.2, 0) is 29.0 Å². The van der Waals surface area contributed by atoms with Crippen LogP contribution in [0.5, 0.6) is 0 Å². The summed E-state index contributed by atoms with van der Waals surface area (Å²) in [5.41, 5.74) is 2.35. The summed E-state index contributed by atoms with van der Waals surface area (Å²) in [7, 11) is 1.51. The van der Waals surface area contributed by atoms with E-state index in [-0.39, 0.29) is 29.5 Å². The minimum atomic E-state index is -2.26. The van der Waals surface area contributed by atoms with Gasteiger partial charge in [-0.25, -0.2) is 18.4 Å². The zero-order valence-corrected chi connectivity index (χ0v) is 23.2. The Labute approximate surface area is 233 Å². The number of carboxylic acid groups (broad SMARTS) is 1. The Morgan fingerprint density at radius 1 is 1.30 bits per heavy atom. The average molecular weight is 577 g/mol. The molecule has 2 aromatic heterocycles. The predicted molar refractivity (Wildman–Crippen MR) is 146 cm³/mol. The summed E-state index contributed by atoms with van der Waals surface area (Å²) in [4.78, 5) is 30.3. The topological polar surface area (TPSA) is 145 Å². The van der Waals surface area contributed by atoms with Crippen molar-refractivity contribution >= 4 is 34.4 Å². The molecule has 11 nitrogen and oxygen atoms in total. The number of benzene rings is 1. The second-order valence-corrected chi connectivity index (χ2v) is 10.5. The molecule has 40 heavy (non-hydrogen) atoms. The van der Waals surface area contributed by atoms with E-state index in [4.69, 9.17) is 14.3 Å². The third kappa shape index (κ3) is 6.84. The van der Waals surface area contributed by atoms with Crippen molar-refractivity contribution in [1.82, 2.24) is 19.5 Å². The number of aryl methyl sites for hydroxylation is 1. The highest BCUT2D eigenvalue weighted by Gasteiger charge is 2.28. The van der Waals surface area contributed by atoms with Gasteiger partial charge in [0.25, 0.3) is 5.91 Å². The number of unbranched alkanes of at least 4 members (excludes halogenated alkanes) is 1. The zero-order chi connectivity index (χ0) is 28.8. The van der Waals surface area contributed by atoms with Crippen LogP contribution in [0.15, 0.2) is 34.7 Å². The van der Waals surface area contributed by atoms with Crippen molar-refractivity contribution < 1.29 is 37.0 Å². The first-order valence-corrected chi connectivity index (χ1v) is 14.2. The molecule has 1 aromatic carbocycles. The summed E-state index contributed by atoms with van der Waals surface area (Å²) in [6, 6.07) is 7.42. The Bertz CT molecular complexity index is 1380. The molecular weight excluding hydrogens is 543 g/mol. The first kappa shape index (κ1) is 29.6. The lowest BCUT2D eigenvalue weighted by atomic mass is 10.0. The number of hydrogen-bond donors (Lipinski definition) is 3. The van der Waals surface area contributed by atoms with Gasteiger partial charge in [-0.3, -0.25) is 14.2 Å². The largest absolute Gasteiger partial charge is 0.507 e. The number of amides is 1. The Hall–Kier alpha value is -3.39. The van der Waals surface area contributed by atoms with Crippen LogP contribution in [0.2, 0.25) is 0 Å². The third-order valence-corrected chi connectivity index (χ3v) is 7.74. The molecule has 13 heteroatoms. The molecule has 3 heterocycles. The Morgan fingerprint density at radius 3 is 2.70 bits per heavy atom. The molecule has 3 N–H and O–H groups in total. The lowest BCUT2D eigenvalue weighted by Crippen LogP contribution is -2.34. The van der Waals surface area contributed by atoms with E-state index in [0.717, 1.165) is 18.5 Å². The van der Waals surface area contributed by atoms with Crippen molar-refractivity contribution in [3.63, 3.8) is 0 Å². The lowest BCUT2D eigenvalue weighted by Gasteiger charge is -2.23. The normalized spacial score (nSPS) is 16.5. The highest BCUT2D eigenvalue weighted by molar-refractivity contribution is 7.76. The van der Waals surface area contributed by atoms with Crippen molar-refractivity contribution in [2.24, 2.45) is 0 Å². The number of hydrogen-bond acceptors (Lipinski definition) is 7. The first-order valence-electron chi connectivity index (χ1n) is 13.1. The molecule has 0 spiro atoms. The molecule has 0 radical (unpaired) electrons. The second kappa shape index (κ2) is 13.3. The van der Waals surface area contributed by atoms with Gasteiger partial charge in [-0.2, -0.15) is 4.31 Å². The van der Waals surface area contributed by atoms with Crippen LogP contribution in [0.3, 0.4) is 0 Å². The van der Waals surface area contributed by atoms with Crippen molar-refractivity contribution in [2.75, 3.05) is 26.7 Å². The number of nitrogens with zero attached hydrogens (tertiary/aromatic N) is 3. The molecule has 1 fully saturated rings. The average Bonchev–Trinajstić information content (AvgIpc) is 3.52. The van der Waals surface area contributed by atoms with Crippen LogP contribution in [0.4, 0.5) is 9.18 Å². The fraction of sp³-hybridized carbons (Fsp3) is 0.444. The van der Waals surface area contributed by atoms with E-state index >= 15 is 0 Å². The summed E-state index contributed by atoms with van der Waals surface area (Å²) in [5.74, 6) is -0.529. The van der Waals surface area contributed by atoms with E-state index in [1.165, 1.54) is 35.6 Å². The van der Waals surface area contributed by atoms with Crippen LogP contribution in [0.25, 0.3) is 22.4 Å². The summed E-state index contributed by atoms with van der Waals surface area (Å²) in [5, 5.41) is 12.0. The summed E-state index contributed by atoms with van der Waals surface area (Å²) in [6.07, 6.45) is 1.63. The fourth-order valence-electron chi connectivity index (χ4n) is 4.98. The molecule has 2 atom stereocenters. The van der Waals surface area contributed by atoms with Crippen LogP contribution in [0.1, 0.15) is 54.2 Å². The number of aromatic nitrogens is 1. The Balaban J connectivity index is 1.53. The number of carbonyl (C=O) groups excluding carboxylic acids is 1. The maximum atomic E-state index is 13.5. The number of ether oxygens (including phenoxy) is 1. The number of halogens is 1. The molecule has 0 aliphatic carbocycles. The molecule has 1 amide bonds. The monoisotopic (exact) mass is 576 g/mol. The lowest BCUT2D eigenvalue weighted by molar-refractivity contribution is -0.0140. The third-order valence-electron chi connectivity index (χ3n) is 6.98. The van der Waals surface area contributed by atoms with E-state index in [0.29, 0.717) is 55.4 Å². The highest BCUT2D eigenvalue weighted by atomic mass is 32.2. The smallest absolute Gasteiger partial charge is 0.450 e. The molecule has 216 valence electrons. The molecule has 1 aliphatic heterocycles. The molecule has 1 unspecified atom stereocenters. The number of likely N-dealkylation sites (tertiary alicyclic amines) is 1. The standard InChI is InChI=1S/C27H33FN4O7S/c1-3-17-15-20-23(25(33)29-2)24(18-8-10-19(28)11-9-18)39-26(20)30-21(17)16-32(40(36)37)14-5-4-12-31-13-6-7-22(31)38-27(34)35/h8-11,15,22H,3-7,12-14,16H2,1-2H3,(H,29,33)(H,34,35)(H,36,37)/t22-/m0/s1. The SMILES string of the molecule is CCc1cc2c(C(=O)NC)c(-c3ccc(F)cc3)oc2nc1CN(CCCCN1CCC[C@@H]1OC(=O)O)S(=O)O. The summed E-state index contributed by atoms with van der Waals surface area (Å²) >= 11 is -2.26. The van der Waals surface area contributed by atoms with Gasteiger partial charge in [0.15, 0.2) is 6.23 Å². The van der Waals surface area contributed by atoms with Gasteiger partial charge < -0.3 is 19.6 Å². The van der Waals surface area contributed by atoms with Crippen LogP contribution in [-0.4, -0.2) is 73.0 Å². The summed E-state index contributed by atoms with van der Waals surface area (Å²) in [6.45, 7) is 3.69. The van der Waals surface area contributed by atoms with E-state index in [9.17, 15) is 22.7 Å². The van der Waals surface area contributed by atoms with Gasteiger partial charge in [0, 0.05) is 32.2 Å². The van der Waals surface area contributed by atoms with Crippen molar-refractivity contribution in [2.45, 2.75) is 51.8 Å². The van der Waals surface area contributed by atoms with E-state index in [1.54, 1.807) is 0 Å². The second-order valence-electron chi connectivity index (χ2n) is 9.51. The van der Waals surface area contributed by atoms with Gasteiger partial charge in [-0.1, -0.05) is 6.92 Å². The minimum absolute atomic E-state index is 0.0819. The highest BCUT2D eigenvalue weighted by Crippen LogP contribution is 2.34. The maximum absolute atomic E-state index is 13.5. The maximum Gasteiger partial charge on any atom is 0.507 e. The summed E-state index contributed by atoms with van der Waals surface area (Å²) < 4.78 is 48.0. The van der Waals surface area contributed by atoms with E-state index in [1.807, 2.05) is 17.9 Å². The van der Waals surface area contributed by atoms with Gasteiger partial charge in [0.1, 0.15) is 11.6 Å². The fourth-order valence-corrected chi connectivity index (χ4v) is 5.50. The van der Waals surface area contributed by atoms with Gasteiger partial charge in [0.05, 0.1) is 23.2 Å². The number of furan rings is 1. The quantitative estimate of drug-likeness (QED) is 0.162. The molecule has 1 aliphatic rings. The molecule has 3 aromatic rings. The Morgan fingerprint density at radius 2 is 2.05 bits per heavy atom. The molecular formula is C27H33FN4O7S. The molecule has 1 saturated heterocycles. The number of carbonyl (C=O) groups is 2. The number of rotatable bonds is 12. The molecule has 4 rings (SSSR count). The minimum Gasteiger partial charge on any atom is -0.450 e. The van der Waals surface area contributed by atoms with Crippen molar-refractivity contribution in [1.29, 1.82) is 0 Å². The zero-order valence-electron chi connectivity index (χ0n) is 22.4.